The third-order valence-electron chi connectivity index (χ3n) is 5.75. The number of nitrogens with zero attached hydrogens (tertiary/aromatic N) is 4. The summed E-state index contributed by atoms with van der Waals surface area (Å²) in [7, 11) is 3.86. The van der Waals surface area contributed by atoms with E-state index < -0.39 is 4.92 Å². The molecule has 0 spiro atoms. The highest BCUT2D eigenvalue weighted by Crippen LogP contribution is 2.33. The topological polar surface area (TPSA) is 126 Å². The van der Waals surface area contributed by atoms with Crippen LogP contribution in [0.25, 0.3) is 11.3 Å². The largest absolute Gasteiger partial charge is 0.451 e. The first kappa shape index (κ1) is 23.5. The van der Waals surface area contributed by atoms with Gasteiger partial charge in [-0.15, -0.1) is 0 Å². The number of aromatic nitrogens is 2. The number of hydrogen-bond acceptors (Lipinski definition) is 8. The first-order chi connectivity index (χ1) is 16.3. The Kier molecular flexibility index (Phi) is 6.97. The second-order valence-corrected chi connectivity index (χ2v) is 8.82. The maximum atomic E-state index is 12.7. The first-order valence-electron chi connectivity index (χ1n) is 10.9. The molecular weight excluding hydrogens is 460 g/mol. The Bertz CT molecular complexity index is 1190. The molecule has 10 nitrogen and oxygen atoms in total. The third kappa shape index (κ3) is 5.45. The van der Waals surface area contributed by atoms with E-state index in [-0.39, 0.29) is 45.8 Å². The molecule has 1 fully saturated rings. The molecule has 178 valence electrons. The number of amides is 1. The number of carbonyl (C=O) groups is 1. The molecule has 4 rings (SSSR count). The van der Waals surface area contributed by atoms with Crippen LogP contribution in [0.2, 0.25) is 5.02 Å². The summed E-state index contributed by atoms with van der Waals surface area (Å²) in [6, 6.07) is 9.47. The van der Waals surface area contributed by atoms with Crippen LogP contribution < -0.4 is 15.5 Å². The zero-order valence-electron chi connectivity index (χ0n) is 18.8. The van der Waals surface area contributed by atoms with Crippen LogP contribution in [0, 0.1) is 10.1 Å². The van der Waals surface area contributed by atoms with Crippen LogP contribution in [0.1, 0.15) is 36.2 Å². The summed E-state index contributed by atoms with van der Waals surface area (Å²) in [6.45, 7) is 0. The minimum absolute atomic E-state index is 0.0120. The predicted octanol–water partition coefficient (Wildman–Crippen LogP) is 4.52. The Morgan fingerprint density at radius 1 is 1.15 bits per heavy atom. The summed E-state index contributed by atoms with van der Waals surface area (Å²) >= 11 is 5.87. The zero-order chi connectivity index (χ0) is 24.2. The van der Waals surface area contributed by atoms with Gasteiger partial charge in [0.1, 0.15) is 11.6 Å². The van der Waals surface area contributed by atoms with Gasteiger partial charge >= 0.3 is 0 Å². The van der Waals surface area contributed by atoms with Gasteiger partial charge in [-0.25, -0.2) is 4.98 Å². The second-order valence-electron chi connectivity index (χ2n) is 8.38. The van der Waals surface area contributed by atoms with Gasteiger partial charge in [0.25, 0.3) is 11.6 Å². The first-order valence-corrected chi connectivity index (χ1v) is 11.3. The molecule has 2 N–H and O–H groups in total. The van der Waals surface area contributed by atoms with Crippen LogP contribution in [0.4, 0.5) is 17.5 Å². The molecule has 1 aliphatic rings. The van der Waals surface area contributed by atoms with Crippen molar-refractivity contribution < 1.29 is 14.1 Å². The Hall–Kier alpha value is -3.66. The number of benzene rings is 1. The van der Waals surface area contributed by atoms with Gasteiger partial charge in [-0.3, -0.25) is 14.9 Å². The molecule has 1 amide bonds. The standard InChI is InChI=1S/C23H25ClN6O4/c1-29(2)21-11-12-25-23(28-21)27-16-6-4-15(5-7-16)26-22(31)20-10-9-19(34-20)17-8-3-14(24)13-18(17)30(32)33/h3,8-13,15-16H,4-7H2,1-2H3,(H,26,31)(H,25,27,28)/t15-,16+. The minimum Gasteiger partial charge on any atom is -0.451 e. The van der Waals surface area contributed by atoms with Crippen molar-refractivity contribution in [1.82, 2.24) is 15.3 Å². The van der Waals surface area contributed by atoms with Crippen molar-refractivity contribution in [3.05, 3.63) is 63.5 Å². The van der Waals surface area contributed by atoms with E-state index in [0.717, 1.165) is 31.5 Å². The van der Waals surface area contributed by atoms with Gasteiger partial charge < -0.3 is 20.0 Å². The lowest BCUT2D eigenvalue weighted by Gasteiger charge is -2.29. The van der Waals surface area contributed by atoms with E-state index in [1.165, 1.54) is 18.2 Å². The highest BCUT2D eigenvalue weighted by Gasteiger charge is 2.25. The van der Waals surface area contributed by atoms with Gasteiger partial charge in [-0.2, -0.15) is 4.98 Å². The average Bonchev–Trinajstić information content (AvgIpc) is 3.31. The number of furan rings is 1. The summed E-state index contributed by atoms with van der Waals surface area (Å²) in [5.74, 6) is 1.43. The third-order valence-corrected chi connectivity index (χ3v) is 5.98. The lowest BCUT2D eigenvalue weighted by molar-refractivity contribution is -0.384. The van der Waals surface area contributed by atoms with Crippen molar-refractivity contribution in [3.63, 3.8) is 0 Å². The maximum absolute atomic E-state index is 12.7. The molecule has 2 heterocycles. The quantitative estimate of drug-likeness (QED) is 0.370. The van der Waals surface area contributed by atoms with E-state index in [2.05, 4.69) is 20.6 Å². The number of hydrogen-bond donors (Lipinski definition) is 2. The highest BCUT2D eigenvalue weighted by molar-refractivity contribution is 6.30. The number of carbonyl (C=O) groups excluding carboxylic acids is 1. The fraction of sp³-hybridized carbons (Fsp3) is 0.348. The summed E-state index contributed by atoms with van der Waals surface area (Å²) in [6.07, 6.45) is 5.05. The van der Waals surface area contributed by atoms with Crippen LogP contribution >= 0.6 is 11.6 Å². The molecule has 0 bridgehead atoms. The summed E-state index contributed by atoms with van der Waals surface area (Å²) in [5, 5.41) is 18.0. The van der Waals surface area contributed by atoms with E-state index in [4.69, 9.17) is 16.0 Å². The number of halogens is 1. The molecule has 0 unspecified atom stereocenters. The summed E-state index contributed by atoms with van der Waals surface area (Å²) < 4.78 is 5.64. The van der Waals surface area contributed by atoms with Crippen molar-refractivity contribution in [3.8, 4) is 11.3 Å². The average molecular weight is 485 g/mol. The molecular formula is C23H25ClN6O4. The molecule has 1 aliphatic carbocycles. The van der Waals surface area contributed by atoms with Gasteiger partial charge in [-0.05, 0) is 56.0 Å². The Balaban J connectivity index is 1.33. The van der Waals surface area contributed by atoms with Gasteiger partial charge in [0.05, 0.1) is 10.5 Å². The van der Waals surface area contributed by atoms with Crippen LogP contribution in [-0.4, -0.2) is 47.0 Å². The molecule has 0 aliphatic heterocycles. The molecule has 3 aromatic rings. The fourth-order valence-electron chi connectivity index (χ4n) is 3.96. The van der Waals surface area contributed by atoms with Gasteiger partial charge in [0, 0.05) is 43.5 Å². The monoisotopic (exact) mass is 484 g/mol. The van der Waals surface area contributed by atoms with Crippen molar-refractivity contribution in [2.45, 2.75) is 37.8 Å². The molecule has 1 aromatic carbocycles. The number of anilines is 2. The number of nitrogens with one attached hydrogen (secondary N) is 2. The Morgan fingerprint density at radius 3 is 2.59 bits per heavy atom. The van der Waals surface area contributed by atoms with E-state index in [9.17, 15) is 14.9 Å². The Morgan fingerprint density at radius 2 is 1.88 bits per heavy atom. The van der Waals surface area contributed by atoms with E-state index in [0.29, 0.717) is 5.95 Å². The second kappa shape index (κ2) is 10.1. The van der Waals surface area contributed by atoms with Crippen molar-refractivity contribution >= 4 is 35.0 Å². The number of nitro groups is 1. The number of rotatable bonds is 7. The predicted molar refractivity (Wildman–Crippen MR) is 129 cm³/mol. The zero-order valence-corrected chi connectivity index (χ0v) is 19.6. The smallest absolute Gasteiger partial charge is 0.287 e. The Labute approximate surface area is 201 Å². The van der Waals surface area contributed by atoms with E-state index in [1.54, 1.807) is 18.3 Å². The molecule has 0 atom stereocenters. The lowest BCUT2D eigenvalue weighted by atomic mass is 9.91. The van der Waals surface area contributed by atoms with Gasteiger partial charge in [0.15, 0.2) is 5.76 Å². The summed E-state index contributed by atoms with van der Waals surface area (Å²) in [4.78, 5) is 34.2. The van der Waals surface area contributed by atoms with Crippen LogP contribution in [0.15, 0.2) is 47.0 Å². The molecule has 34 heavy (non-hydrogen) atoms. The van der Waals surface area contributed by atoms with E-state index >= 15 is 0 Å². The molecule has 1 saturated carbocycles. The molecule has 0 radical (unpaired) electrons. The highest BCUT2D eigenvalue weighted by atomic mass is 35.5. The molecule has 0 saturated heterocycles. The van der Waals surface area contributed by atoms with Crippen LogP contribution in [-0.2, 0) is 0 Å². The van der Waals surface area contributed by atoms with Gasteiger partial charge in [-0.1, -0.05) is 11.6 Å². The number of nitro benzene ring substituents is 1. The summed E-state index contributed by atoms with van der Waals surface area (Å²) in [5.41, 5.74) is 0.0836. The minimum atomic E-state index is -0.530. The van der Waals surface area contributed by atoms with Crippen LogP contribution in [0.3, 0.4) is 0 Å². The maximum Gasteiger partial charge on any atom is 0.287 e. The SMILES string of the molecule is CN(C)c1ccnc(N[C@H]2CC[C@@H](NC(=O)c3ccc(-c4ccc(Cl)cc4[N+](=O)[O-])o3)CC2)n1. The van der Waals surface area contributed by atoms with E-state index in [1.807, 2.05) is 25.1 Å². The molecule has 11 heteroatoms. The van der Waals surface area contributed by atoms with Crippen LogP contribution in [0.5, 0.6) is 0 Å². The van der Waals surface area contributed by atoms with Crippen molar-refractivity contribution in [2.24, 2.45) is 0 Å². The normalized spacial score (nSPS) is 17.7. The fourth-order valence-corrected chi connectivity index (χ4v) is 4.12. The lowest BCUT2D eigenvalue weighted by Crippen LogP contribution is -2.40. The molecule has 2 aromatic heterocycles. The van der Waals surface area contributed by atoms with Crippen molar-refractivity contribution in [1.29, 1.82) is 0 Å². The van der Waals surface area contributed by atoms with Crippen molar-refractivity contribution in [2.75, 3.05) is 24.3 Å². The van der Waals surface area contributed by atoms with Gasteiger partial charge in [0.2, 0.25) is 5.95 Å².